The van der Waals surface area contributed by atoms with Crippen LogP contribution in [0.25, 0.3) is 0 Å². The minimum atomic E-state index is -4.82. The van der Waals surface area contributed by atoms with Gasteiger partial charge in [0.25, 0.3) is 5.69 Å². The van der Waals surface area contributed by atoms with E-state index in [9.17, 15) is 33.2 Å². The monoisotopic (exact) mass is 369 g/mol. The van der Waals surface area contributed by atoms with Crippen LogP contribution in [0.4, 0.5) is 24.5 Å². The number of anilines is 1. The summed E-state index contributed by atoms with van der Waals surface area (Å²) in [6.45, 7) is 0. The molecule has 2 aromatic carbocycles. The summed E-state index contributed by atoms with van der Waals surface area (Å²) in [5, 5.41) is 23.5. The van der Waals surface area contributed by atoms with E-state index in [1.54, 1.807) is 0 Å². The van der Waals surface area contributed by atoms with Gasteiger partial charge in [-0.05, 0) is 36.4 Å². The van der Waals surface area contributed by atoms with E-state index in [-0.39, 0.29) is 16.9 Å². The summed E-state index contributed by atoms with van der Waals surface area (Å²) in [5.41, 5.74) is 2.05. The van der Waals surface area contributed by atoms with Crippen molar-refractivity contribution in [2.45, 2.75) is 6.36 Å². The molecule has 0 radical (unpaired) electrons. The van der Waals surface area contributed by atoms with Crippen molar-refractivity contribution in [3.63, 3.8) is 0 Å². The molecule has 0 bridgehead atoms. The molecule has 0 aromatic heterocycles. The molecule has 0 unspecified atom stereocenters. The molecule has 0 saturated heterocycles. The molecule has 0 aliphatic carbocycles. The Morgan fingerprint density at radius 1 is 1.12 bits per heavy atom. The number of carbonyl (C=O) groups is 1. The molecule has 0 aliphatic rings. The maximum Gasteiger partial charge on any atom is 0.573 e. The zero-order valence-electron chi connectivity index (χ0n) is 12.7. The Balaban J connectivity index is 2.16. The van der Waals surface area contributed by atoms with Gasteiger partial charge in [-0.2, -0.15) is 5.10 Å². The van der Waals surface area contributed by atoms with Crippen LogP contribution in [0.15, 0.2) is 53.6 Å². The van der Waals surface area contributed by atoms with Gasteiger partial charge in [0.2, 0.25) is 0 Å². The molecule has 136 valence electrons. The van der Waals surface area contributed by atoms with Gasteiger partial charge in [-0.15, -0.1) is 13.2 Å². The van der Waals surface area contributed by atoms with Crippen LogP contribution < -0.4 is 10.2 Å². The number of hydrogen-bond donors (Lipinski definition) is 2. The van der Waals surface area contributed by atoms with E-state index in [0.717, 1.165) is 24.3 Å². The first kappa shape index (κ1) is 18.7. The van der Waals surface area contributed by atoms with Crippen LogP contribution in [-0.4, -0.2) is 28.1 Å². The molecule has 0 aliphatic heterocycles. The van der Waals surface area contributed by atoms with E-state index in [1.165, 1.54) is 24.3 Å². The summed E-state index contributed by atoms with van der Waals surface area (Å²) in [7, 11) is 0. The second-order valence-electron chi connectivity index (χ2n) is 4.75. The zero-order valence-corrected chi connectivity index (χ0v) is 12.7. The topological polar surface area (TPSA) is 114 Å². The quantitative estimate of drug-likeness (QED) is 0.458. The average molecular weight is 369 g/mol. The predicted octanol–water partition coefficient (Wildman–Crippen LogP) is 3.39. The summed E-state index contributed by atoms with van der Waals surface area (Å²) in [6, 6.07) is 9.14. The number of aliphatic carboxylic acids is 1. The average Bonchev–Trinajstić information content (AvgIpc) is 2.55. The molecular formula is C15H10F3N3O5. The molecule has 2 N–H and O–H groups in total. The number of nitro groups is 1. The van der Waals surface area contributed by atoms with Gasteiger partial charge in [0.15, 0.2) is 5.71 Å². The summed E-state index contributed by atoms with van der Waals surface area (Å²) >= 11 is 0. The van der Waals surface area contributed by atoms with Crippen LogP contribution in [-0.2, 0) is 4.79 Å². The maximum atomic E-state index is 12.1. The number of ether oxygens (including phenoxy) is 1. The van der Waals surface area contributed by atoms with E-state index >= 15 is 0 Å². The fourth-order valence-electron chi connectivity index (χ4n) is 1.83. The number of nitrogens with zero attached hydrogens (tertiary/aromatic N) is 2. The third-order valence-corrected chi connectivity index (χ3v) is 2.94. The van der Waals surface area contributed by atoms with Crippen LogP contribution in [0.2, 0.25) is 0 Å². The predicted molar refractivity (Wildman–Crippen MR) is 84.0 cm³/mol. The third kappa shape index (κ3) is 5.19. The number of nitrogens with one attached hydrogen (secondary N) is 1. The Kier molecular flexibility index (Phi) is 5.40. The fraction of sp³-hybridized carbons (Fsp3) is 0.0667. The van der Waals surface area contributed by atoms with Crippen molar-refractivity contribution in [3.8, 4) is 5.75 Å². The van der Waals surface area contributed by atoms with Crippen molar-refractivity contribution in [1.82, 2.24) is 0 Å². The third-order valence-electron chi connectivity index (χ3n) is 2.94. The highest BCUT2D eigenvalue weighted by Crippen LogP contribution is 2.24. The van der Waals surface area contributed by atoms with E-state index < -0.39 is 28.7 Å². The van der Waals surface area contributed by atoms with Crippen molar-refractivity contribution < 1.29 is 32.7 Å². The lowest BCUT2D eigenvalue weighted by molar-refractivity contribution is -0.384. The van der Waals surface area contributed by atoms with Gasteiger partial charge in [0.05, 0.1) is 10.6 Å². The molecule has 0 saturated carbocycles. The van der Waals surface area contributed by atoms with E-state index in [1.807, 2.05) is 0 Å². The molecule has 0 spiro atoms. The van der Waals surface area contributed by atoms with Crippen LogP contribution in [0.3, 0.4) is 0 Å². The lowest BCUT2D eigenvalue weighted by Crippen LogP contribution is -2.17. The van der Waals surface area contributed by atoms with Gasteiger partial charge in [0, 0.05) is 17.7 Å². The Bertz CT molecular complexity index is 833. The Morgan fingerprint density at radius 2 is 1.69 bits per heavy atom. The smallest absolute Gasteiger partial charge is 0.476 e. The van der Waals surface area contributed by atoms with Crippen LogP contribution in [0, 0.1) is 10.1 Å². The SMILES string of the molecule is O=C(O)C(=NNc1ccc(OC(F)(F)F)cc1)c1ccc([N+](=O)[O-])cc1. The summed E-state index contributed by atoms with van der Waals surface area (Å²) in [6.07, 6.45) is -4.82. The molecule has 0 atom stereocenters. The second kappa shape index (κ2) is 7.51. The number of alkyl halides is 3. The van der Waals surface area contributed by atoms with E-state index in [4.69, 9.17) is 0 Å². The van der Waals surface area contributed by atoms with Crippen molar-refractivity contribution in [2.24, 2.45) is 5.10 Å². The van der Waals surface area contributed by atoms with Crippen LogP contribution >= 0.6 is 0 Å². The Morgan fingerprint density at radius 3 is 2.15 bits per heavy atom. The largest absolute Gasteiger partial charge is 0.573 e. The molecule has 8 nitrogen and oxygen atoms in total. The van der Waals surface area contributed by atoms with Crippen molar-refractivity contribution in [3.05, 3.63) is 64.2 Å². The standard InChI is InChI=1S/C15H10F3N3O5/c16-15(17,18)26-12-7-3-10(4-8-12)19-20-13(14(22)23)9-1-5-11(6-2-9)21(24)25/h1-8,19H,(H,22,23). The normalized spacial score (nSPS) is 11.7. The number of carboxylic acids is 1. The van der Waals surface area contributed by atoms with Gasteiger partial charge >= 0.3 is 12.3 Å². The summed E-state index contributed by atoms with van der Waals surface area (Å²) in [4.78, 5) is 21.3. The Hall–Kier alpha value is -3.63. The molecule has 2 rings (SSSR count). The van der Waals surface area contributed by atoms with Gasteiger partial charge in [-0.25, -0.2) is 4.79 Å². The van der Waals surface area contributed by atoms with Gasteiger partial charge in [-0.1, -0.05) is 0 Å². The van der Waals surface area contributed by atoms with Crippen LogP contribution in [0.1, 0.15) is 5.56 Å². The Labute approximate surface area is 143 Å². The van der Waals surface area contributed by atoms with Gasteiger partial charge < -0.3 is 9.84 Å². The fourth-order valence-corrected chi connectivity index (χ4v) is 1.83. The number of nitro benzene ring substituents is 1. The summed E-state index contributed by atoms with van der Waals surface area (Å²) < 4.78 is 40.0. The molecule has 0 amide bonds. The van der Waals surface area contributed by atoms with E-state index in [0.29, 0.717) is 0 Å². The van der Waals surface area contributed by atoms with E-state index in [2.05, 4.69) is 15.3 Å². The molecular weight excluding hydrogens is 359 g/mol. The highest BCUT2D eigenvalue weighted by Gasteiger charge is 2.30. The number of hydrazone groups is 1. The second-order valence-corrected chi connectivity index (χ2v) is 4.75. The highest BCUT2D eigenvalue weighted by molar-refractivity contribution is 6.42. The first-order valence-corrected chi connectivity index (χ1v) is 6.83. The van der Waals surface area contributed by atoms with Crippen LogP contribution in [0.5, 0.6) is 5.75 Å². The number of rotatable bonds is 6. The summed E-state index contributed by atoms with van der Waals surface area (Å²) in [5.74, 6) is -1.84. The number of halogens is 3. The molecule has 2 aromatic rings. The number of hydrogen-bond acceptors (Lipinski definition) is 6. The van der Waals surface area contributed by atoms with Gasteiger partial charge in [-0.3, -0.25) is 15.5 Å². The van der Waals surface area contributed by atoms with Crippen molar-refractivity contribution in [2.75, 3.05) is 5.43 Å². The zero-order chi connectivity index (χ0) is 19.3. The number of carboxylic acid groups (broad SMARTS) is 1. The number of benzene rings is 2. The first-order chi connectivity index (χ1) is 12.2. The highest BCUT2D eigenvalue weighted by atomic mass is 19.4. The first-order valence-electron chi connectivity index (χ1n) is 6.83. The van der Waals surface area contributed by atoms with Gasteiger partial charge in [0.1, 0.15) is 5.75 Å². The molecule has 11 heteroatoms. The lowest BCUT2D eigenvalue weighted by Gasteiger charge is -2.09. The lowest BCUT2D eigenvalue weighted by atomic mass is 10.1. The molecule has 26 heavy (non-hydrogen) atoms. The molecule has 0 fully saturated rings. The number of non-ortho nitro benzene ring substituents is 1. The van der Waals surface area contributed by atoms with Crippen molar-refractivity contribution in [1.29, 1.82) is 0 Å². The minimum Gasteiger partial charge on any atom is -0.476 e. The maximum absolute atomic E-state index is 12.1. The molecule has 0 heterocycles. The minimum absolute atomic E-state index is 0.104. The van der Waals surface area contributed by atoms with Crippen molar-refractivity contribution >= 4 is 23.1 Å².